The van der Waals surface area contributed by atoms with Gasteiger partial charge in [0, 0.05) is 24.0 Å². The molecule has 0 amide bonds. The number of aromatic amines is 1. The van der Waals surface area contributed by atoms with Gasteiger partial charge in [0.1, 0.15) is 7.05 Å². The monoisotopic (exact) mass is 310 g/mol. The lowest BCUT2D eigenvalue weighted by Crippen LogP contribution is -3.00. The number of halogens is 1. The molecule has 0 unspecified atom stereocenters. The van der Waals surface area contributed by atoms with Crippen LogP contribution in [0.2, 0.25) is 0 Å². The lowest BCUT2D eigenvalue weighted by atomic mass is 10.2. The van der Waals surface area contributed by atoms with Crippen molar-refractivity contribution in [1.82, 2.24) is 4.98 Å². The van der Waals surface area contributed by atoms with Crippen molar-refractivity contribution in [2.75, 3.05) is 0 Å². The summed E-state index contributed by atoms with van der Waals surface area (Å²) in [4.78, 5) is 2.97. The highest BCUT2D eigenvalue weighted by Gasteiger charge is 1.92. The number of rotatable bonds is 0. The van der Waals surface area contributed by atoms with Gasteiger partial charge < -0.3 is 29.0 Å². The number of hydrogen-bond acceptors (Lipinski definition) is 0. The van der Waals surface area contributed by atoms with E-state index < -0.39 is 0 Å². The zero-order chi connectivity index (χ0) is 9.80. The first kappa shape index (κ1) is 11.8. The van der Waals surface area contributed by atoms with Crippen LogP contribution < -0.4 is 28.5 Å². The minimum absolute atomic E-state index is 0. The van der Waals surface area contributed by atoms with E-state index in [0.29, 0.717) is 0 Å². The molecule has 76 valence electrons. The van der Waals surface area contributed by atoms with E-state index >= 15 is 0 Å². The molecule has 0 fully saturated rings. The topological polar surface area (TPSA) is 19.7 Å². The standard InChI is InChI=1S/C12H11N2.HI/c1-14-8-2-3-12(10-14)5-4-11-6-7-13-9-11;/h2-3,6-10,13H,1H3;1H/q+1;/p-1. The zero-order valence-electron chi connectivity index (χ0n) is 8.37. The molecule has 0 saturated heterocycles. The van der Waals surface area contributed by atoms with Gasteiger partial charge in [-0.05, 0) is 12.1 Å². The molecule has 2 heterocycles. The van der Waals surface area contributed by atoms with Gasteiger partial charge in [-0.3, -0.25) is 0 Å². The van der Waals surface area contributed by atoms with Crippen molar-refractivity contribution in [1.29, 1.82) is 0 Å². The second-order valence-electron chi connectivity index (χ2n) is 3.11. The van der Waals surface area contributed by atoms with Gasteiger partial charge >= 0.3 is 0 Å². The van der Waals surface area contributed by atoms with Crippen molar-refractivity contribution in [3.8, 4) is 11.8 Å². The summed E-state index contributed by atoms with van der Waals surface area (Å²) in [7, 11) is 1.99. The Hall–Kier alpha value is -1.28. The number of aromatic nitrogens is 2. The number of pyridine rings is 1. The fraction of sp³-hybridized carbons (Fsp3) is 0.0833. The van der Waals surface area contributed by atoms with Crippen molar-refractivity contribution < 1.29 is 28.5 Å². The van der Waals surface area contributed by atoms with Gasteiger partial charge in [-0.2, -0.15) is 0 Å². The van der Waals surface area contributed by atoms with E-state index in [2.05, 4.69) is 16.8 Å². The van der Waals surface area contributed by atoms with E-state index in [1.165, 1.54) is 0 Å². The third kappa shape index (κ3) is 3.40. The Balaban J connectivity index is 0.00000112. The molecule has 2 aromatic rings. The first-order valence-electron chi connectivity index (χ1n) is 4.45. The van der Waals surface area contributed by atoms with Gasteiger partial charge in [0.2, 0.25) is 0 Å². The predicted octanol–water partition coefficient (Wildman–Crippen LogP) is -1.76. The van der Waals surface area contributed by atoms with E-state index in [-0.39, 0.29) is 24.0 Å². The van der Waals surface area contributed by atoms with Gasteiger partial charge in [0.15, 0.2) is 12.4 Å². The van der Waals surface area contributed by atoms with Crippen LogP contribution in [0.4, 0.5) is 0 Å². The number of nitrogens with one attached hydrogen (secondary N) is 1. The van der Waals surface area contributed by atoms with Crippen LogP contribution in [0, 0.1) is 11.8 Å². The van der Waals surface area contributed by atoms with Crippen LogP contribution in [0.5, 0.6) is 0 Å². The molecule has 0 aromatic carbocycles. The normalized spacial score (nSPS) is 8.60. The Kier molecular flexibility index (Phi) is 4.37. The molecule has 0 bridgehead atoms. The van der Waals surface area contributed by atoms with Crippen LogP contribution in [-0.2, 0) is 7.05 Å². The van der Waals surface area contributed by atoms with Crippen molar-refractivity contribution in [3.05, 3.63) is 54.1 Å². The van der Waals surface area contributed by atoms with Crippen molar-refractivity contribution in [2.24, 2.45) is 7.05 Å². The summed E-state index contributed by atoms with van der Waals surface area (Å²) in [5, 5.41) is 0. The molecule has 0 radical (unpaired) electrons. The van der Waals surface area contributed by atoms with Gasteiger partial charge in [0.25, 0.3) is 0 Å². The van der Waals surface area contributed by atoms with Crippen molar-refractivity contribution in [3.63, 3.8) is 0 Å². The maximum Gasteiger partial charge on any atom is 0.184 e. The molecule has 1 N–H and O–H groups in total. The molecule has 2 aromatic heterocycles. The Bertz CT molecular complexity index is 478. The molecule has 0 saturated carbocycles. The molecule has 3 heteroatoms. The Labute approximate surface area is 106 Å². The maximum atomic E-state index is 3.10. The van der Waals surface area contributed by atoms with Crippen LogP contribution in [-0.4, -0.2) is 4.98 Å². The Morgan fingerprint density at radius 1 is 1.20 bits per heavy atom. The van der Waals surface area contributed by atoms with Crippen LogP contribution in [0.1, 0.15) is 11.1 Å². The average Bonchev–Trinajstić information content (AvgIpc) is 2.67. The van der Waals surface area contributed by atoms with Crippen LogP contribution >= 0.6 is 0 Å². The molecule has 15 heavy (non-hydrogen) atoms. The van der Waals surface area contributed by atoms with E-state index in [9.17, 15) is 0 Å². The summed E-state index contributed by atoms with van der Waals surface area (Å²) in [6.07, 6.45) is 7.74. The van der Waals surface area contributed by atoms with Gasteiger partial charge in [-0.1, -0.05) is 11.8 Å². The fourth-order valence-corrected chi connectivity index (χ4v) is 1.21. The SMILES string of the molecule is C[n+]1cccc(C#Cc2cc[nH]c2)c1.[I-]. The lowest BCUT2D eigenvalue weighted by molar-refractivity contribution is -0.671. The predicted molar refractivity (Wildman–Crippen MR) is 54.4 cm³/mol. The second kappa shape index (κ2) is 5.56. The van der Waals surface area contributed by atoms with Crippen LogP contribution in [0.15, 0.2) is 43.0 Å². The second-order valence-corrected chi connectivity index (χ2v) is 3.11. The van der Waals surface area contributed by atoms with E-state index in [1.807, 2.05) is 54.6 Å². The van der Waals surface area contributed by atoms with Crippen LogP contribution in [0.25, 0.3) is 0 Å². The largest absolute Gasteiger partial charge is 1.00 e. The van der Waals surface area contributed by atoms with E-state index in [0.717, 1.165) is 11.1 Å². The number of aryl methyl sites for hydroxylation is 1. The summed E-state index contributed by atoms with van der Waals surface area (Å²) in [6.45, 7) is 0. The minimum atomic E-state index is 0. The highest BCUT2D eigenvalue weighted by molar-refractivity contribution is 5.39. The number of nitrogens with zero attached hydrogens (tertiary/aromatic N) is 1. The summed E-state index contributed by atoms with van der Waals surface area (Å²) in [5.74, 6) is 6.17. The average molecular weight is 310 g/mol. The van der Waals surface area contributed by atoms with Crippen molar-refractivity contribution in [2.45, 2.75) is 0 Å². The van der Waals surface area contributed by atoms with Crippen molar-refractivity contribution >= 4 is 0 Å². The van der Waals surface area contributed by atoms with Gasteiger partial charge in [-0.15, -0.1) is 0 Å². The molecular weight excluding hydrogens is 299 g/mol. The summed E-state index contributed by atoms with van der Waals surface area (Å²) >= 11 is 0. The molecule has 2 rings (SSSR count). The summed E-state index contributed by atoms with van der Waals surface area (Å²) in [6, 6.07) is 5.94. The first-order chi connectivity index (χ1) is 6.84. The molecule has 0 aliphatic rings. The van der Waals surface area contributed by atoms with Crippen LogP contribution in [0.3, 0.4) is 0 Å². The van der Waals surface area contributed by atoms with Gasteiger partial charge in [0.05, 0.1) is 5.56 Å². The van der Waals surface area contributed by atoms with Gasteiger partial charge in [-0.25, -0.2) is 4.57 Å². The smallest absolute Gasteiger partial charge is 0.184 e. The van der Waals surface area contributed by atoms with E-state index in [4.69, 9.17) is 0 Å². The molecular formula is C12H11IN2. The summed E-state index contributed by atoms with van der Waals surface area (Å²) < 4.78 is 1.99. The summed E-state index contributed by atoms with van der Waals surface area (Å²) in [5.41, 5.74) is 2.03. The third-order valence-corrected chi connectivity index (χ3v) is 1.89. The molecule has 0 aliphatic carbocycles. The molecule has 0 aliphatic heterocycles. The molecule has 0 atom stereocenters. The Morgan fingerprint density at radius 3 is 2.67 bits per heavy atom. The highest BCUT2D eigenvalue weighted by Crippen LogP contribution is 1.95. The minimum Gasteiger partial charge on any atom is -1.00 e. The lowest BCUT2D eigenvalue weighted by Gasteiger charge is -1.86. The maximum absolute atomic E-state index is 3.10. The number of hydrogen-bond donors (Lipinski definition) is 1. The third-order valence-electron chi connectivity index (χ3n) is 1.89. The fourth-order valence-electron chi connectivity index (χ4n) is 1.21. The Morgan fingerprint density at radius 2 is 2.00 bits per heavy atom. The molecule has 2 nitrogen and oxygen atoms in total. The quantitative estimate of drug-likeness (QED) is 0.338. The first-order valence-corrected chi connectivity index (χ1v) is 4.45. The number of H-pyrrole nitrogens is 1. The zero-order valence-corrected chi connectivity index (χ0v) is 10.5. The molecule has 0 spiro atoms. The van der Waals surface area contributed by atoms with E-state index in [1.54, 1.807) is 0 Å². The highest BCUT2D eigenvalue weighted by atomic mass is 127.